The number of rotatable bonds is 6. The van der Waals surface area contributed by atoms with Crippen LogP contribution in [0, 0.1) is 5.92 Å². The number of aliphatic carboxylic acids is 1. The predicted molar refractivity (Wildman–Crippen MR) is 74.0 cm³/mol. The lowest BCUT2D eigenvalue weighted by Gasteiger charge is -2.27. The summed E-state index contributed by atoms with van der Waals surface area (Å²) in [6.45, 7) is 9.38. The van der Waals surface area contributed by atoms with Crippen molar-refractivity contribution in [1.29, 1.82) is 0 Å². The lowest BCUT2D eigenvalue weighted by atomic mass is 10.2. The summed E-state index contributed by atoms with van der Waals surface area (Å²) < 4.78 is 0. The topological polar surface area (TPSA) is 79.5 Å². The van der Waals surface area contributed by atoms with Crippen molar-refractivity contribution in [2.45, 2.75) is 39.8 Å². The molecule has 18 heavy (non-hydrogen) atoms. The standard InChI is InChI=1S/C12H21N3O2S/c1-7(2)5-15(8(3)4)12-14-9(6-18-12)10(13)11(16)17/h6-8,10H,5,13H2,1-4H3,(H,16,17). The van der Waals surface area contributed by atoms with Gasteiger partial charge in [0.25, 0.3) is 0 Å². The molecular formula is C12H21N3O2S. The lowest BCUT2D eigenvalue weighted by Crippen LogP contribution is -2.34. The van der Waals surface area contributed by atoms with E-state index in [1.54, 1.807) is 5.38 Å². The van der Waals surface area contributed by atoms with Crippen molar-refractivity contribution in [2.24, 2.45) is 11.7 Å². The van der Waals surface area contributed by atoms with E-state index in [1.165, 1.54) is 11.3 Å². The Morgan fingerprint density at radius 1 is 1.50 bits per heavy atom. The van der Waals surface area contributed by atoms with Crippen LogP contribution in [0.1, 0.15) is 39.4 Å². The number of nitrogens with zero attached hydrogens (tertiary/aromatic N) is 2. The summed E-state index contributed by atoms with van der Waals surface area (Å²) in [5.41, 5.74) is 5.98. The minimum absolute atomic E-state index is 0.326. The molecule has 1 unspecified atom stereocenters. The Labute approximate surface area is 112 Å². The highest BCUT2D eigenvalue weighted by molar-refractivity contribution is 7.13. The Kier molecular flexibility index (Phi) is 5.10. The molecular weight excluding hydrogens is 250 g/mol. The molecule has 0 spiro atoms. The zero-order valence-electron chi connectivity index (χ0n) is 11.3. The predicted octanol–water partition coefficient (Wildman–Crippen LogP) is 2.10. The summed E-state index contributed by atoms with van der Waals surface area (Å²) >= 11 is 1.45. The number of carboxylic acid groups (broad SMARTS) is 1. The van der Waals surface area contributed by atoms with Gasteiger partial charge in [0, 0.05) is 18.0 Å². The van der Waals surface area contributed by atoms with Crippen LogP contribution in [0.3, 0.4) is 0 Å². The second-order valence-electron chi connectivity index (χ2n) is 5.01. The summed E-state index contributed by atoms with van der Waals surface area (Å²) in [7, 11) is 0. The Bertz CT molecular complexity index is 404. The molecule has 1 aromatic rings. The highest BCUT2D eigenvalue weighted by Gasteiger charge is 2.21. The lowest BCUT2D eigenvalue weighted by molar-refractivity contribution is -0.138. The van der Waals surface area contributed by atoms with Gasteiger partial charge in [-0.2, -0.15) is 0 Å². The van der Waals surface area contributed by atoms with Crippen LogP contribution in [0.15, 0.2) is 5.38 Å². The highest BCUT2D eigenvalue weighted by Crippen LogP contribution is 2.25. The molecule has 1 heterocycles. The van der Waals surface area contributed by atoms with E-state index in [1.807, 2.05) is 0 Å². The molecule has 0 saturated heterocycles. The Morgan fingerprint density at radius 3 is 2.56 bits per heavy atom. The van der Waals surface area contributed by atoms with Gasteiger partial charge in [0.15, 0.2) is 5.13 Å². The minimum Gasteiger partial charge on any atom is -0.480 e. The van der Waals surface area contributed by atoms with Crippen LogP contribution < -0.4 is 10.6 Å². The monoisotopic (exact) mass is 271 g/mol. The molecule has 0 fully saturated rings. The van der Waals surface area contributed by atoms with Crippen molar-refractivity contribution >= 4 is 22.4 Å². The first-order valence-electron chi connectivity index (χ1n) is 6.03. The van der Waals surface area contributed by atoms with Gasteiger partial charge in [-0.05, 0) is 19.8 Å². The number of nitrogens with two attached hydrogens (primary N) is 1. The molecule has 6 heteroatoms. The maximum Gasteiger partial charge on any atom is 0.326 e. The zero-order chi connectivity index (χ0) is 13.9. The van der Waals surface area contributed by atoms with Gasteiger partial charge in [-0.1, -0.05) is 13.8 Å². The Morgan fingerprint density at radius 2 is 2.11 bits per heavy atom. The quantitative estimate of drug-likeness (QED) is 0.828. The van der Waals surface area contributed by atoms with Crippen LogP contribution >= 0.6 is 11.3 Å². The number of carboxylic acids is 1. The van der Waals surface area contributed by atoms with Crippen molar-refractivity contribution in [2.75, 3.05) is 11.4 Å². The average molecular weight is 271 g/mol. The van der Waals surface area contributed by atoms with Gasteiger partial charge in [0.1, 0.15) is 6.04 Å². The summed E-state index contributed by atoms with van der Waals surface area (Å²) in [5, 5.41) is 11.4. The summed E-state index contributed by atoms with van der Waals surface area (Å²) in [4.78, 5) is 17.3. The van der Waals surface area contributed by atoms with Gasteiger partial charge < -0.3 is 15.7 Å². The maximum atomic E-state index is 10.8. The van der Waals surface area contributed by atoms with Gasteiger partial charge in [0.05, 0.1) is 5.69 Å². The molecule has 0 bridgehead atoms. The number of hydrogen-bond acceptors (Lipinski definition) is 5. The smallest absolute Gasteiger partial charge is 0.326 e. The van der Waals surface area contributed by atoms with Crippen LogP contribution in [0.4, 0.5) is 5.13 Å². The van der Waals surface area contributed by atoms with Crippen LogP contribution in [-0.2, 0) is 4.79 Å². The zero-order valence-corrected chi connectivity index (χ0v) is 12.1. The third-order valence-electron chi connectivity index (χ3n) is 2.53. The van der Waals surface area contributed by atoms with Crippen LogP contribution in [0.2, 0.25) is 0 Å². The largest absolute Gasteiger partial charge is 0.480 e. The fraction of sp³-hybridized carbons (Fsp3) is 0.667. The summed E-state index contributed by atoms with van der Waals surface area (Å²) in [5.74, 6) is -0.528. The van der Waals surface area contributed by atoms with E-state index in [0.29, 0.717) is 17.7 Å². The van der Waals surface area contributed by atoms with E-state index < -0.39 is 12.0 Å². The molecule has 1 aromatic heterocycles. The molecule has 0 amide bonds. The molecule has 1 atom stereocenters. The first-order valence-corrected chi connectivity index (χ1v) is 6.91. The molecule has 0 aliphatic carbocycles. The maximum absolute atomic E-state index is 10.8. The summed E-state index contributed by atoms with van der Waals surface area (Å²) in [6.07, 6.45) is 0. The first kappa shape index (κ1) is 14.9. The van der Waals surface area contributed by atoms with Crippen molar-refractivity contribution in [3.8, 4) is 0 Å². The number of hydrogen-bond donors (Lipinski definition) is 2. The van der Waals surface area contributed by atoms with Gasteiger partial charge in [-0.3, -0.25) is 4.79 Å². The van der Waals surface area contributed by atoms with Crippen LogP contribution in [-0.4, -0.2) is 28.6 Å². The van der Waals surface area contributed by atoms with Crippen molar-refractivity contribution in [1.82, 2.24) is 4.98 Å². The van der Waals surface area contributed by atoms with E-state index in [2.05, 4.69) is 37.6 Å². The van der Waals surface area contributed by atoms with E-state index in [9.17, 15) is 4.79 Å². The molecule has 0 radical (unpaired) electrons. The molecule has 1 rings (SSSR count). The van der Waals surface area contributed by atoms with Crippen molar-refractivity contribution < 1.29 is 9.90 Å². The van der Waals surface area contributed by atoms with E-state index in [4.69, 9.17) is 10.8 Å². The molecule has 3 N–H and O–H groups in total. The van der Waals surface area contributed by atoms with Gasteiger partial charge in [-0.25, -0.2) is 4.98 Å². The van der Waals surface area contributed by atoms with Crippen molar-refractivity contribution in [3.05, 3.63) is 11.1 Å². The molecule has 0 aliphatic heterocycles. The first-order chi connectivity index (χ1) is 8.32. The molecule has 0 saturated carbocycles. The van der Waals surface area contributed by atoms with Gasteiger partial charge in [-0.15, -0.1) is 11.3 Å². The SMILES string of the molecule is CC(C)CN(c1nc(C(N)C(=O)O)cs1)C(C)C. The number of thiazole rings is 1. The number of anilines is 1. The molecule has 0 aliphatic rings. The van der Waals surface area contributed by atoms with E-state index in [-0.39, 0.29) is 0 Å². The Hall–Kier alpha value is -1.14. The van der Waals surface area contributed by atoms with Crippen LogP contribution in [0.25, 0.3) is 0 Å². The average Bonchev–Trinajstić information content (AvgIpc) is 2.72. The van der Waals surface area contributed by atoms with E-state index in [0.717, 1.165) is 11.7 Å². The van der Waals surface area contributed by atoms with Gasteiger partial charge >= 0.3 is 5.97 Å². The molecule has 5 nitrogen and oxygen atoms in total. The summed E-state index contributed by atoms with van der Waals surface area (Å²) in [6, 6.07) is -0.712. The fourth-order valence-electron chi connectivity index (χ4n) is 1.58. The van der Waals surface area contributed by atoms with Crippen LogP contribution in [0.5, 0.6) is 0 Å². The third-order valence-corrected chi connectivity index (χ3v) is 3.42. The highest BCUT2D eigenvalue weighted by atomic mass is 32.1. The molecule has 102 valence electrons. The normalized spacial score (nSPS) is 13.1. The minimum atomic E-state index is -1.05. The third kappa shape index (κ3) is 3.68. The second kappa shape index (κ2) is 6.15. The van der Waals surface area contributed by atoms with Crippen molar-refractivity contribution in [3.63, 3.8) is 0 Å². The number of carbonyl (C=O) groups is 1. The van der Waals surface area contributed by atoms with Gasteiger partial charge in [0.2, 0.25) is 0 Å². The Balaban J connectivity index is 2.91. The number of aromatic nitrogens is 1. The van der Waals surface area contributed by atoms with E-state index >= 15 is 0 Å². The fourth-order valence-corrected chi connectivity index (χ4v) is 2.59. The molecule has 0 aromatic carbocycles. The second-order valence-corrected chi connectivity index (χ2v) is 5.85.